The number of amides is 5. The first-order valence-electron chi connectivity index (χ1n) is 11.7. The summed E-state index contributed by atoms with van der Waals surface area (Å²) in [5.41, 5.74) is 17.7. The summed E-state index contributed by atoms with van der Waals surface area (Å²) < 4.78 is 0. The summed E-state index contributed by atoms with van der Waals surface area (Å²) >= 11 is 4.11. The van der Waals surface area contributed by atoms with Crippen LogP contribution in [-0.4, -0.2) is 101 Å². The number of primary amides is 1. The maximum absolute atomic E-state index is 13.2. The largest absolute Gasteiger partial charge is 0.481 e. The molecule has 1 heterocycles. The van der Waals surface area contributed by atoms with E-state index in [9.17, 15) is 28.8 Å². The van der Waals surface area contributed by atoms with E-state index < -0.39 is 72.6 Å². The lowest BCUT2D eigenvalue weighted by molar-refractivity contribution is -0.142. The van der Waals surface area contributed by atoms with Crippen LogP contribution in [0.4, 0.5) is 0 Å². The maximum atomic E-state index is 13.2. The maximum Gasteiger partial charge on any atom is 0.305 e. The van der Waals surface area contributed by atoms with Crippen molar-refractivity contribution in [2.24, 2.45) is 28.0 Å². The average molecular weight is 561 g/mol. The van der Waals surface area contributed by atoms with Crippen LogP contribution in [0.25, 0.3) is 0 Å². The molecule has 0 aromatic carbocycles. The number of carboxylic acid groups (broad SMARTS) is 1. The number of aliphatic imine (C=N–C) groups is 1. The third-order valence-corrected chi connectivity index (χ3v) is 5.91. The molecule has 1 aliphatic heterocycles. The summed E-state index contributed by atoms with van der Waals surface area (Å²) in [6, 6.07) is -4.48. The van der Waals surface area contributed by atoms with Gasteiger partial charge in [0.25, 0.3) is 0 Å². The SMILES string of the molecule is NN[C@@H](CC(=O)O)C(=O)N[C@@H](CS)C(=O)N1CCC[C@H]1C(=O)N[C@@H](CCCN=C(N)N)C(=O)NCC(N)=O. The molecule has 4 atom stereocenters. The number of nitrogens with zero attached hydrogens (tertiary/aromatic N) is 2. The van der Waals surface area contributed by atoms with Crippen molar-refractivity contribution in [1.29, 1.82) is 0 Å². The van der Waals surface area contributed by atoms with Crippen LogP contribution in [0.15, 0.2) is 4.99 Å². The number of hydrazine groups is 1. The highest BCUT2D eigenvalue weighted by Gasteiger charge is 2.39. The summed E-state index contributed by atoms with van der Waals surface area (Å²) in [7, 11) is 0. The first kappa shape index (κ1) is 32.4. The molecule has 214 valence electrons. The van der Waals surface area contributed by atoms with Crippen molar-refractivity contribution in [2.75, 3.05) is 25.4 Å². The number of carbonyl (C=O) groups excluding carboxylic acids is 5. The molecule has 0 unspecified atom stereocenters. The predicted octanol–water partition coefficient (Wildman–Crippen LogP) is -5.16. The first-order valence-corrected chi connectivity index (χ1v) is 12.4. The fourth-order valence-corrected chi connectivity index (χ4v) is 3.95. The van der Waals surface area contributed by atoms with Crippen molar-refractivity contribution in [3.05, 3.63) is 0 Å². The molecule has 0 aromatic heterocycles. The Balaban J connectivity index is 2.93. The van der Waals surface area contributed by atoms with Crippen molar-refractivity contribution < 1.29 is 33.9 Å². The number of likely N-dealkylation sites (tertiary alicyclic amines) is 1. The number of nitrogens with one attached hydrogen (secondary N) is 4. The fraction of sp³-hybridized carbons (Fsp3) is 0.650. The van der Waals surface area contributed by atoms with Gasteiger partial charge in [-0.25, -0.2) is 5.43 Å². The summed E-state index contributed by atoms with van der Waals surface area (Å²) in [6.45, 7) is -0.0412. The topological polar surface area (TPSA) is 290 Å². The van der Waals surface area contributed by atoms with Gasteiger partial charge in [0.1, 0.15) is 24.2 Å². The predicted molar refractivity (Wildman–Crippen MR) is 138 cm³/mol. The molecule has 13 N–H and O–H groups in total. The van der Waals surface area contributed by atoms with E-state index in [1.165, 1.54) is 4.90 Å². The Bertz CT molecular complexity index is 915. The van der Waals surface area contributed by atoms with Crippen LogP contribution in [0.5, 0.6) is 0 Å². The first-order chi connectivity index (χ1) is 17.9. The summed E-state index contributed by atoms with van der Waals surface area (Å²) in [4.78, 5) is 78.3. The molecule has 17 nitrogen and oxygen atoms in total. The number of carboxylic acids is 1. The van der Waals surface area contributed by atoms with Crippen molar-refractivity contribution in [3.63, 3.8) is 0 Å². The normalized spacial score (nSPS) is 17.0. The van der Waals surface area contributed by atoms with Gasteiger partial charge in [0.2, 0.25) is 29.5 Å². The second-order valence-corrected chi connectivity index (χ2v) is 8.81. The molecular weight excluding hydrogens is 524 g/mol. The molecule has 0 aliphatic carbocycles. The Morgan fingerprint density at radius 3 is 2.26 bits per heavy atom. The lowest BCUT2D eigenvalue weighted by Gasteiger charge is -2.29. The minimum Gasteiger partial charge on any atom is -0.481 e. The number of hydrogen-bond acceptors (Lipinski definition) is 10. The monoisotopic (exact) mass is 560 g/mol. The highest BCUT2D eigenvalue weighted by molar-refractivity contribution is 7.80. The second kappa shape index (κ2) is 16.3. The molecular formula is C20H36N10O7S. The quantitative estimate of drug-likeness (QED) is 0.0212. The number of nitrogens with two attached hydrogens (primary N) is 4. The van der Waals surface area contributed by atoms with Crippen molar-refractivity contribution in [1.82, 2.24) is 26.3 Å². The fourth-order valence-electron chi connectivity index (χ4n) is 3.70. The van der Waals surface area contributed by atoms with Gasteiger partial charge in [-0.05, 0) is 25.7 Å². The van der Waals surface area contributed by atoms with E-state index in [0.717, 1.165) is 0 Å². The third kappa shape index (κ3) is 10.8. The molecule has 0 bridgehead atoms. The van der Waals surface area contributed by atoms with E-state index in [1.54, 1.807) is 0 Å². The van der Waals surface area contributed by atoms with Crippen molar-refractivity contribution >= 4 is 54.1 Å². The van der Waals surface area contributed by atoms with Gasteiger partial charge in [-0.2, -0.15) is 12.6 Å². The molecule has 0 saturated carbocycles. The van der Waals surface area contributed by atoms with E-state index in [0.29, 0.717) is 19.3 Å². The highest BCUT2D eigenvalue weighted by atomic mass is 32.1. The van der Waals surface area contributed by atoms with Crippen molar-refractivity contribution in [2.45, 2.75) is 56.3 Å². The second-order valence-electron chi connectivity index (χ2n) is 8.44. The number of carbonyl (C=O) groups is 6. The van der Waals surface area contributed by atoms with E-state index in [-0.39, 0.29) is 31.2 Å². The third-order valence-electron chi connectivity index (χ3n) is 5.55. The van der Waals surface area contributed by atoms with Gasteiger partial charge in [0, 0.05) is 18.8 Å². The van der Waals surface area contributed by atoms with E-state index in [4.69, 9.17) is 28.2 Å². The molecule has 18 heteroatoms. The van der Waals surface area contributed by atoms with Gasteiger partial charge in [-0.15, -0.1) is 0 Å². The zero-order valence-corrected chi connectivity index (χ0v) is 21.6. The van der Waals surface area contributed by atoms with Crippen LogP contribution in [0, 0.1) is 0 Å². The van der Waals surface area contributed by atoms with E-state index in [2.05, 4.69) is 39.0 Å². The lowest BCUT2D eigenvalue weighted by atomic mass is 10.1. The van der Waals surface area contributed by atoms with Crippen LogP contribution in [0.3, 0.4) is 0 Å². The Kier molecular flexibility index (Phi) is 13.9. The smallest absolute Gasteiger partial charge is 0.305 e. The van der Waals surface area contributed by atoms with Crippen molar-refractivity contribution in [3.8, 4) is 0 Å². The molecule has 0 aromatic rings. The van der Waals surface area contributed by atoms with Gasteiger partial charge in [0.05, 0.1) is 13.0 Å². The molecule has 1 aliphatic rings. The number of aliphatic carboxylic acids is 1. The average Bonchev–Trinajstić information content (AvgIpc) is 3.35. The minimum atomic E-state index is -1.29. The molecule has 5 amide bonds. The van der Waals surface area contributed by atoms with Crippen LogP contribution < -0.4 is 44.4 Å². The Labute approximate surface area is 224 Å². The molecule has 0 spiro atoms. The van der Waals surface area contributed by atoms with Gasteiger partial charge in [-0.3, -0.25) is 39.6 Å². The summed E-state index contributed by atoms with van der Waals surface area (Å²) in [5.74, 6) is 0.220. The number of rotatable bonds is 16. The molecule has 1 saturated heterocycles. The van der Waals surface area contributed by atoms with E-state index >= 15 is 0 Å². The summed E-state index contributed by atoms with van der Waals surface area (Å²) in [5, 5.41) is 16.2. The highest BCUT2D eigenvalue weighted by Crippen LogP contribution is 2.19. The van der Waals surface area contributed by atoms with Crippen LogP contribution >= 0.6 is 12.6 Å². The van der Waals surface area contributed by atoms with Crippen LogP contribution in [0.2, 0.25) is 0 Å². The Morgan fingerprint density at radius 2 is 1.71 bits per heavy atom. The van der Waals surface area contributed by atoms with Gasteiger partial charge >= 0.3 is 5.97 Å². The van der Waals surface area contributed by atoms with E-state index in [1.807, 2.05) is 0 Å². The standard InChI is InChI=1S/C20H36N10O7S/c21-14(31)8-26-16(34)10(3-1-5-25-20(22)23)27-18(36)13-4-2-6-30(13)19(37)12(9-38)28-17(35)11(29-24)7-15(32)33/h10-13,29,38H,1-9,24H2,(H2,21,31)(H,26,34)(H,27,36)(H,28,35)(H,32,33)(H4,22,23,25)/t10-,11-,12-,13-/m0/s1. The zero-order valence-electron chi connectivity index (χ0n) is 20.7. The van der Waals surface area contributed by atoms with Gasteiger partial charge in [0.15, 0.2) is 5.96 Å². The van der Waals surface area contributed by atoms with Gasteiger partial charge < -0.3 is 43.2 Å². The number of thiol groups is 1. The molecule has 1 rings (SSSR count). The molecule has 0 radical (unpaired) electrons. The number of hydrogen-bond donors (Lipinski definition) is 10. The Hall–Kier alpha value is -3.64. The van der Waals surface area contributed by atoms with Crippen LogP contribution in [0.1, 0.15) is 32.1 Å². The Morgan fingerprint density at radius 1 is 1.03 bits per heavy atom. The zero-order chi connectivity index (χ0) is 28.8. The number of guanidine groups is 1. The minimum absolute atomic E-state index is 0.125. The molecule has 38 heavy (non-hydrogen) atoms. The van der Waals surface area contributed by atoms with Gasteiger partial charge in [-0.1, -0.05) is 0 Å². The van der Waals surface area contributed by atoms with Crippen LogP contribution in [-0.2, 0) is 28.8 Å². The lowest BCUT2D eigenvalue weighted by Crippen LogP contribution is -2.59. The summed E-state index contributed by atoms with van der Waals surface area (Å²) in [6.07, 6.45) is 0.597. The molecule has 1 fully saturated rings.